The number of carboxylic acids is 1. The molecule has 3 amide bonds. The van der Waals surface area contributed by atoms with E-state index in [1.165, 1.54) is 41.1 Å². The molecule has 3 aromatic rings. The first kappa shape index (κ1) is 33.8. The second-order valence-corrected chi connectivity index (χ2v) is 10.1. The highest BCUT2D eigenvalue weighted by molar-refractivity contribution is 5.93. The van der Waals surface area contributed by atoms with Crippen molar-refractivity contribution in [2.24, 2.45) is 0 Å². The molecule has 0 aliphatic rings. The quantitative estimate of drug-likeness (QED) is 0.200. The summed E-state index contributed by atoms with van der Waals surface area (Å²) < 4.78 is 26.7. The van der Waals surface area contributed by atoms with Crippen molar-refractivity contribution in [3.8, 4) is 0 Å². The molecule has 234 valence electrons. The molecule has 0 radical (unpaired) electrons. The zero-order chi connectivity index (χ0) is 31.9. The van der Waals surface area contributed by atoms with Gasteiger partial charge in [0.15, 0.2) is 0 Å². The van der Waals surface area contributed by atoms with Gasteiger partial charge in [-0.05, 0) is 66.9 Å². The Bertz CT molecular complexity index is 1370. The maximum atomic E-state index is 14.0. The average Bonchev–Trinajstić information content (AvgIpc) is 3.02. The molecule has 0 aliphatic heterocycles. The Morgan fingerprint density at radius 3 is 2.07 bits per heavy atom. The second-order valence-electron chi connectivity index (χ2n) is 10.1. The first-order valence-electron chi connectivity index (χ1n) is 14.3. The summed E-state index contributed by atoms with van der Waals surface area (Å²) in [5.41, 5.74) is 2.22. The van der Waals surface area contributed by atoms with Crippen molar-refractivity contribution >= 4 is 23.7 Å². The Labute approximate surface area is 255 Å². The smallest absolute Gasteiger partial charge is 0.305 e. The number of pyridine rings is 1. The number of nitrogens with one attached hydrogen (secondary N) is 2. The van der Waals surface area contributed by atoms with Crippen molar-refractivity contribution in [1.82, 2.24) is 25.4 Å². The van der Waals surface area contributed by atoms with E-state index in [0.717, 1.165) is 5.56 Å². The van der Waals surface area contributed by atoms with Crippen molar-refractivity contribution < 1.29 is 33.1 Å². The number of halogens is 2. The average molecular weight is 610 g/mol. The van der Waals surface area contributed by atoms with E-state index < -0.39 is 42.0 Å². The van der Waals surface area contributed by atoms with Gasteiger partial charge in [0.2, 0.25) is 17.7 Å². The number of aromatic nitrogens is 1. The highest BCUT2D eigenvalue weighted by Crippen LogP contribution is 2.14. The van der Waals surface area contributed by atoms with Gasteiger partial charge in [-0.2, -0.15) is 0 Å². The minimum Gasteiger partial charge on any atom is -0.481 e. The van der Waals surface area contributed by atoms with E-state index >= 15 is 0 Å². The van der Waals surface area contributed by atoms with E-state index in [2.05, 4.69) is 15.6 Å². The number of amides is 3. The maximum absolute atomic E-state index is 14.0. The van der Waals surface area contributed by atoms with Gasteiger partial charge in [-0.1, -0.05) is 30.3 Å². The van der Waals surface area contributed by atoms with Crippen LogP contribution in [0.25, 0.3) is 0 Å². The van der Waals surface area contributed by atoms with E-state index in [1.807, 2.05) is 0 Å². The summed E-state index contributed by atoms with van der Waals surface area (Å²) in [5.74, 6) is -3.74. The zero-order valence-corrected chi connectivity index (χ0v) is 24.5. The lowest BCUT2D eigenvalue weighted by Crippen LogP contribution is -2.55. The number of hydrogen-bond acceptors (Lipinski definition) is 6. The molecule has 10 nitrogen and oxygen atoms in total. The van der Waals surface area contributed by atoms with Crippen LogP contribution >= 0.6 is 0 Å². The number of carboxylic acid groups (broad SMARTS) is 1. The number of aliphatic carboxylic acids is 1. The summed E-state index contributed by atoms with van der Waals surface area (Å²) in [6.45, 7) is -0.129. The summed E-state index contributed by atoms with van der Waals surface area (Å²) in [6.07, 6.45) is 1.96. The van der Waals surface area contributed by atoms with Gasteiger partial charge in [0.05, 0.1) is 19.5 Å². The predicted octanol–water partition coefficient (Wildman–Crippen LogP) is 2.22. The van der Waals surface area contributed by atoms with Gasteiger partial charge in [0, 0.05) is 38.4 Å². The van der Waals surface area contributed by atoms with Gasteiger partial charge in [-0.25, -0.2) is 8.78 Å². The topological polar surface area (TPSA) is 132 Å². The van der Waals surface area contributed by atoms with Crippen molar-refractivity contribution in [2.75, 3.05) is 39.8 Å². The van der Waals surface area contributed by atoms with Crippen LogP contribution in [0.2, 0.25) is 0 Å². The normalized spacial score (nSPS) is 11.4. The predicted molar refractivity (Wildman–Crippen MR) is 159 cm³/mol. The number of benzene rings is 2. The first-order chi connectivity index (χ1) is 21.2. The summed E-state index contributed by atoms with van der Waals surface area (Å²) in [5, 5.41) is 15.3. The lowest BCUT2D eigenvalue weighted by molar-refractivity contribution is -0.151. The van der Waals surface area contributed by atoms with Gasteiger partial charge in [0.1, 0.15) is 17.7 Å². The van der Waals surface area contributed by atoms with Crippen molar-refractivity contribution in [2.45, 2.75) is 31.7 Å². The van der Waals surface area contributed by atoms with Crippen LogP contribution in [-0.2, 0) is 38.4 Å². The van der Waals surface area contributed by atoms with E-state index in [9.17, 15) is 33.1 Å². The van der Waals surface area contributed by atoms with Crippen LogP contribution in [0, 0.1) is 11.6 Å². The number of hydrogen-bond donors (Lipinski definition) is 3. The van der Waals surface area contributed by atoms with Crippen LogP contribution in [0.4, 0.5) is 8.78 Å². The number of carbonyl (C=O) groups is 4. The zero-order valence-electron chi connectivity index (χ0n) is 24.5. The fraction of sp³-hybridized carbons (Fsp3) is 0.344. The third kappa shape index (κ3) is 11.2. The van der Waals surface area contributed by atoms with Crippen LogP contribution < -0.4 is 10.6 Å². The molecule has 2 aromatic carbocycles. The largest absolute Gasteiger partial charge is 0.481 e. The molecule has 0 aliphatic carbocycles. The number of carbonyl (C=O) groups excluding carboxylic acids is 3. The maximum Gasteiger partial charge on any atom is 0.305 e. The number of rotatable bonds is 17. The molecule has 1 unspecified atom stereocenters. The van der Waals surface area contributed by atoms with Gasteiger partial charge in [-0.3, -0.25) is 24.2 Å². The molecule has 0 saturated carbocycles. The Morgan fingerprint density at radius 2 is 1.50 bits per heavy atom. The van der Waals surface area contributed by atoms with Crippen molar-refractivity contribution in [3.63, 3.8) is 0 Å². The van der Waals surface area contributed by atoms with Crippen molar-refractivity contribution in [1.29, 1.82) is 0 Å². The number of likely N-dealkylation sites (N-methyl/N-ethyl adjacent to an activating group) is 1. The van der Waals surface area contributed by atoms with Crippen LogP contribution in [0.5, 0.6) is 0 Å². The minimum absolute atomic E-state index is 0.0259. The second kappa shape index (κ2) is 17.4. The SMILES string of the molecule is CNC(=O)CN(CCc1ccccn1)C(=O)C(CC(=O)O)N(CCc1ccc(F)cc1)C(=O)CNCCc1ccc(F)cc1. The lowest BCUT2D eigenvalue weighted by atomic mass is 10.1. The van der Waals surface area contributed by atoms with Gasteiger partial charge >= 0.3 is 5.97 Å². The molecule has 3 N–H and O–H groups in total. The van der Waals surface area contributed by atoms with Gasteiger partial charge in [0.25, 0.3) is 0 Å². The summed E-state index contributed by atoms with van der Waals surface area (Å²) in [7, 11) is 1.43. The molecular weight excluding hydrogens is 572 g/mol. The third-order valence-electron chi connectivity index (χ3n) is 6.97. The molecule has 1 aromatic heterocycles. The summed E-state index contributed by atoms with van der Waals surface area (Å²) >= 11 is 0. The van der Waals surface area contributed by atoms with Crippen molar-refractivity contribution in [3.05, 3.63) is 101 Å². The van der Waals surface area contributed by atoms with Gasteiger partial charge in [-0.15, -0.1) is 0 Å². The molecule has 1 atom stereocenters. The Kier molecular flexibility index (Phi) is 13.4. The van der Waals surface area contributed by atoms with E-state index in [1.54, 1.807) is 48.7 Å². The molecular formula is C32H37F2N5O5. The van der Waals surface area contributed by atoms with Crippen LogP contribution in [0.15, 0.2) is 72.9 Å². The highest BCUT2D eigenvalue weighted by atomic mass is 19.1. The molecule has 0 fully saturated rings. The van der Waals surface area contributed by atoms with Crippen LogP contribution in [-0.4, -0.2) is 89.4 Å². The molecule has 44 heavy (non-hydrogen) atoms. The lowest BCUT2D eigenvalue weighted by Gasteiger charge is -2.34. The van der Waals surface area contributed by atoms with E-state index in [0.29, 0.717) is 30.6 Å². The Balaban J connectivity index is 1.82. The first-order valence-corrected chi connectivity index (χ1v) is 14.3. The standard InChI is InChI=1S/C32H37F2N5O5/c1-35-29(40)22-38(18-15-27-4-2-3-16-37-27)32(44)28(20-31(42)43)39(19-14-24-7-11-26(34)12-8-24)30(41)21-36-17-13-23-5-9-25(33)10-6-23/h2-12,16,28,36H,13-15,17-22H2,1H3,(H,35,40)(H,42,43). The van der Waals surface area contributed by atoms with Crippen LogP contribution in [0.3, 0.4) is 0 Å². The summed E-state index contributed by atoms with van der Waals surface area (Å²) in [6, 6.07) is 15.5. The minimum atomic E-state index is -1.41. The fourth-order valence-corrected chi connectivity index (χ4v) is 4.56. The monoisotopic (exact) mass is 609 g/mol. The molecule has 12 heteroatoms. The molecule has 0 bridgehead atoms. The fourth-order valence-electron chi connectivity index (χ4n) is 4.56. The van der Waals surface area contributed by atoms with Gasteiger partial charge < -0.3 is 25.5 Å². The molecule has 0 spiro atoms. The van der Waals surface area contributed by atoms with Crippen LogP contribution in [0.1, 0.15) is 23.2 Å². The summed E-state index contributed by atoms with van der Waals surface area (Å²) in [4.78, 5) is 58.6. The Morgan fingerprint density at radius 1 is 0.864 bits per heavy atom. The number of nitrogens with zero attached hydrogens (tertiary/aromatic N) is 3. The van der Waals surface area contributed by atoms with E-state index in [4.69, 9.17) is 0 Å². The van der Waals surface area contributed by atoms with E-state index in [-0.39, 0.29) is 38.4 Å². The molecule has 0 saturated heterocycles. The third-order valence-corrected chi connectivity index (χ3v) is 6.97. The Hall–Kier alpha value is -4.71. The molecule has 1 heterocycles. The molecule has 3 rings (SSSR count). The highest BCUT2D eigenvalue weighted by Gasteiger charge is 2.35.